The molecular weight excluding hydrogens is 304 g/mol. The minimum Gasteiger partial charge on any atom is -0.352 e. The zero-order valence-corrected chi connectivity index (χ0v) is 14.5. The molecule has 1 aliphatic rings. The number of unbranched alkanes of at least 4 members (excludes halogenated alkanes) is 1. The summed E-state index contributed by atoms with van der Waals surface area (Å²) in [6.07, 6.45) is 6.55. The predicted octanol–water partition coefficient (Wildman–Crippen LogP) is 1.11. The number of carbonyl (C=O) groups excluding carboxylic acids is 2. The van der Waals surface area contributed by atoms with E-state index in [-0.39, 0.29) is 17.7 Å². The van der Waals surface area contributed by atoms with Crippen molar-refractivity contribution >= 4 is 21.7 Å². The number of nitrogens with zero attached hydrogens (tertiary/aromatic N) is 1. The number of rotatable bonds is 8. The average Bonchev–Trinajstić information content (AvgIpc) is 2.43. The molecule has 0 radical (unpaired) electrons. The highest BCUT2D eigenvalue weighted by Gasteiger charge is 2.20. The van der Waals surface area contributed by atoms with E-state index in [1.54, 1.807) is 14.1 Å². The van der Waals surface area contributed by atoms with Crippen molar-refractivity contribution in [3.63, 3.8) is 0 Å². The van der Waals surface area contributed by atoms with Gasteiger partial charge in [0.05, 0.1) is 5.75 Å². The summed E-state index contributed by atoms with van der Waals surface area (Å²) in [5.74, 6) is -0.875. The molecule has 0 aromatic carbocycles. The summed E-state index contributed by atoms with van der Waals surface area (Å²) >= 11 is 0. The second-order valence-corrected chi connectivity index (χ2v) is 8.42. The Bertz CT molecular complexity index is 468. The average molecular weight is 332 g/mol. The summed E-state index contributed by atoms with van der Waals surface area (Å²) in [6.45, 7) is 0. The van der Waals surface area contributed by atoms with Crippen LogP contribution >= 0.6 is 0 Å². The second-order valence-electron chi connectivity index (χ2n) is 6.24. The first-order valence-corrected chi connectivity index (χ1v) is 9.82. The molecular formula is C15H28N2O4S. The highest BCUT2D eigenvalue weighted by Crippen LogP contribution is 2.17. The molecule has 22 heavy (non-hydrogen) atoms. The van der Waals surface area contributed by atoms with E-state index < -0.39 is 21.5 Å². The molecule has 7 heteroatoms. The third-order valence-electron chi connectivity index (χ3n) is 3.92. The Morgan fingerprint density at radius 1 is 1.09 bits per heavy atom. The maximum Gasteiger partial charge on any atom is 0.235 e. The van der Waals surface area contributed by atoms with Gasteiger partial charge in [0.15, 0.2) is 9.84 Å². The molecule has 1 saturated carbocycles. The Balaban J connectivity index is 2.24. The Hall–Kier alpha value is -1.11. The van der Waals surface area contributed by atoms with Gasteiger partial charge in [-0.05, 0) is 25.7 Å². The van der Waals surface area contributed by atoms with Crippen molar-refractivity contribution in [1.82, 2.24) is 10.2 Å². The van der Waals surface area contributed by atoms with Crippen molar-refractivity contribution in [2.75, 3.05) is 25.6 Å². The van der Waals surface area contributed by atoms with Crippen molar-refractivity contribution in [3.05, 3.63) is 0 Å². The van der Waals surface area contributed by atoms with Crippen LogP contribution < -0.4 is 5.32 Å². The zero-order valence-electron chi connectivity index (χ0n) is 13.6. The van der Waals surface area contributed by atoms with Gasteiger partial charge in [-0.3, -0.25) is 9.59 Å². The largest absolute Gasteiger partial charge is 0.352 e. The summed E-state index contributed by atoms with van der Waals surface area (Å²) in [7, 11) is -0.0362. The first kappa shape index (κ1) is 18.9. The van der Waals surface area contributed by atoms with Gasteiger partial charge in [-0.15, -0.1) is 0 Å². The van der Waals surface area contributed by atoms with Crippen molar-refractivity contribution in [2.24, 2.45) is 0 Å². The Labute approximate surface area is 133 Å². The molecule has 1 aliphatic carbocycles. The number of nitrogens with one attached hydrogen (secondary N) is 1. The number of sulfone groups is 1. The molecule has 0 saturated heterocycles. The normalized spacial score (nSPS) is 16.3. The van der Waals surface area contributed by atoms with Gasteiger partial charge in [-0.2, -0.15) is 0 Å². The van der Waals surface area contributed by atoms with Crippen LogP contribution in [0.2, 0.25) is 0 Å². The second kappa shape index (κ2) is 9.12. The molecule has 6 nitrogen and oxygen atoms in total. The van der Waals surface area contributed by atoms with Gasteiger partial charge in [0.25, 0.3) is 0 Å². The molecule has 0 aromatic rings. The van der Waals surface area contributed by atoms with Crippen molar-refractivity contribution in [3.8, 4) is 0 Å². The molecule has 0 aromatic heterocycles. The number of carbonyl (C=O) groups is 2. The summed E-state index contributed by atoms with van der Waals surface area (Å²) in [5, 5.41) is 2.82. The number of amides is 2. The molecule has 2 amide bonds. The topological polar surface area (TPSA) is 83.6 Å². The first-order valence-electron chi connectivity index (χ1n) is 8.00. The lowest BCUT2D eigenvalue weighted by atomic mass is 9.95. The monoisotopic (exact) mass is 332 g/mol. The Morgan fingerprint density at radius 2 is 1.73 bits per heavy atom. The first-order chi connectivity index (χ1) is 10.3. The molecule has 0 atom stereocenters. The third kappa shape index (κ3) is 7.77. The standard InChI is InChI=1S/C15H28N2O4S/c1-17(2)15(19)10-6-7-11-22(20,21)12-14(18)16-13-8-4-3-5-9-13/h13H,3-12H2,1-2H3,(H,16,18). The van der Waals surface area contributed by atoms with E-state index in [0.717, 1.165) is 25.7 Å². The lowest BCUT2D eigenvalue weighted by molar-refractivity contribution is -0.128. The van der Waals surface area contributed by atoms with Crippen LogP contribution in [0.4, 0.5) is 0 Å². The van der Waals surface area contributed by atoms with E-state index in [0.29, 0.717) is 19.3 Å². The van der Waals surface area contributed by atoms with Gasteiger partial charge in [0.1, 0.15) is 5.75 Å². The molecule has 0 bridgehead atoms. The van der Waals surface area contributed by atoms with Crippen LogP contribution in [-0.4, -0.2) is 56.8 Å². The van der Waals surface area contributed by atoms with Crippen LogP contribution in [0.1, 0.15) is 51.4 Å². The minimum absolute atomic E-state index is 0.00700. The van der Waals surface area contributed by atoms with Gasteiger partial charge < -0.3 is 10.2 Å². The highest BCUT2D eigenvalue weighted by molar-refractivity contribution is 7.92. The fraction of sp³-hybridized carbons (Fsp3) is 0.867. The van der Waals surface area contributed by atoms with Crippen LogP contribution in [0.3, 0.4) is 0 Å². The van der Waals surface area contributed by atoms with Crippen LogP contribution in [0.15, 0.2) is 0 Å². The van der Waals surface area contributed by atoms with E-state index in [1.165, 1.54) is 11.3 Å². The molecule has 0 spiro atoms. The van der Waals surface area contributed by atoms with E-state index in [1.807, 2.05) is 0 Å². The fourth-order valence-corrected chi connectivity index (χ4v) is 3.88. The molecule has 1 N–H and O–H groups in total. The van der Waals surface area contributed by atoms with Gasteiger partial charge >= 0.3 is 0 Å². The van der Waals surface area contributed by atoms with E-state index >= 15 is 0 Å². The van der Waals surface area contributed by atoms with Gasteiger partial charge in [-0.1, -0.05) is 19.3 Å². The van der Waals surface area contributed by atoms with Crippen molar-refractivity contribution in [2.45, 2.75) is 57.4 Å². The van der Waals surface area contributed by atoms with E-state index in [9.17, 15) is 18.0 Å². The third-order valence-corrected chi connectivity index (χ3v) is 5.53. The SMILES string of the molecule is CN(C)C(=O)CCCCS(=O)(=O)CC(=O)NC1CCCCC1. The molecule has 1 rings (SSSR count). The number of hydrogen-bond acceptors (Lipinski definition) is 4. The lowest BCUT2D eigenvalue weighted by Gasteiger charge is -2.22. The van der Waals surface area contributed by atoms with Gasteiger partial charge in [0, 0.05) is 26.6 Å². The maximum absolute atomic E-state index is 11.9. The smallest absolute Gasteiger partial charge is 0.235 e. The fourth-order valence-electron chi connectivity index (χ4n) is 2.61. The summed E-state index contributed by atoms with van der Waals surface area (Å²) < 4.78 is 23.8. The van der Waals surface area contributed by atoms with Gasteiger partial charge in [0.2, 0.25) is 11.8 Å². The van der Waals surface area contributed by atoms with Crippen molar-refractivity contribution < 1.29 is 18.0 Å². The minimum atomic E-state index is -3.39. The summed E-state index contributed by atoms with van der Waals surface area (Å²) in [5.41, 5.74) is 0. The Kier molecular flexibility index (Phi) is 7.85. The van der Waals surface area contributed by atoms with Crippen LogP contribution in [-0.2, 0) is 19.4 Å². The molecule has 0 unspecified atom stereocenters. The lowest BCUT2D eigenvalue weighted by Crippen LogP contribution is -2.39. The quantitative estimate of drug-likeness (QED) is 0.675. The van der Waals surface area contributed by atoms with Crippen LogP contribution in [0, 0.1) is 0 Å². The molecule has 128 valence electrons. The zero-order chi connectivity index (χ0) is 16.6. The maximum atomic E-state index is 11.9. The summed E-state index contributed by atoms with van der Waals surface area (Å²) in [6, 6.07) is 0.133. The molecule has 1 fully saturated rings. The number of hydrogen-bond donors (Lipinski definition) is 1. The molecule has 0 heterocycles. The van der Waals surface area contributed by atoms with E-state index in [4.69, 9.17) is 0 Å². The summed E-state index contributed by atoms with van der Waals surface area (Å²) in [4.78, 5) is 24.7. The van der Waals surface area contributed by atoms with E-state index in [2.05, 4.69) is 5.32 Å². The van der Waals surface area contributed by atoms with Gasteiger partial charge in [-0.25, -0.2) is 8.42 Å². The Morgan fingerprint density at radius 3 is 2.32 bits per heavy atom. The highest BCUT2D eigenvalue weighted by atomic mass is 32.2. The van der Waals surface area contributed by atoms with Crippen LogP contribution in [0.25, 0.3) is 0 Å². The van der Waals surface area contributed by atoms with Crippen molar-refractivity contribution in [1.29, 1.82) is 0 Å². The molecule has 0 aliphatic heterocycles. The van der Waals surface area contributed by atoms with Crippen LogP contribution in [0.5, 0.6) is 0 Å². The predicted molar refractivity (Wildman–Crippen MR) is 86.2 cm³/mol.